The van der Waals surface area contributed by atoms with Gasteiger partial charge in [0.25, 0.3) is 5.91 Å². The Balaban J connectivity index is 2.03. The average Bonchev–Trinajstić information content (AvgIpc) is 3.13. The van der Waals surface area contributed by atoms with E-state index in [1.165, 1.54) is 0 Å². The molecule has 1 N–H and O–H groups in total. The van der Waals surface area contributed by atoms with Crippen LogP contribution < -0.4 is 15.0 Å². The fourth-order valence-corrected chi connectivity index (χ4v) is 3.88. The number of carbonyl (C=O) groups excluding carboxylic acids is 2. The van der Waals surface area contributed by atoms with Gasteiger partial charge in [0.05, 0.1) is 18.8 Å². The highest BCUT2D eigenvalue weighted by Crippen LogP contribution is 2.35. The minimum absolute atomic E-state index is 0.182. The molecule has 1 aromatic carbocycles. The van der Waals surface area contributed by atoms with E-state index in [9.17, 15) is 9.59 Å². The van der Waals surface area contributed by atoms with E-state index in [4.69, 9.17) is 9.84 Å². The Hall–Kier alpha value is -2.83. The molecule has 2 amide bonds. The van der Waals surface area contributed by atoms with Crippen LogP contribution in [0.15, 0.2) is 30.3 Å². The number of rotatable bonds is 7. The van der Waals surface area contributed by atoms with Gasteiger partial charge in [0.15, 0.2) is 0 Å². The minimum atomic E-state index is -1.12. The molecule has 0 radical (unpaired) electrons. The fraction of sp³-hybridized carbons (Fsp3) is 0.560. The number of benzene rings is 1. The highest BCUT2D eigenvalue weighted by atomic mass is 16.5. The van der Waals surface area contributed by atoms with Crippen LogP contribution >= 0.6 is 0 Å². The normalized spacial score (nSPS) is 18.6. The second-order valence-electron chi connectivity index (χ2n) is 10.1. The molecule has 0 saturated carbocycles. The molecule has 0 bridgehead atoms. The number of carbonyl (C=O) groups is 2. The van der Waals surface area contributed by atoms with Gasteiger partial charge in [-0.15, -0.1) is 0 Å². The highest BCUT2D eigenvalue weighted by molar-refractivity contribution is 6.11. The van der Waals surface area contributed by atoms with Gasteiger partial charge in [-0.25, -0.2) is 0 Å². The molecule has 0 fully saturated rings. The van der Waals surface area contributed by atoms with Crippen molar-refractivity contribution in [3.05, 3.63) is 41.7 Å². The largest absolute Gasteiger partial charge is 0.494 e. The molecule has 3 rings (SSSR count). The van der Waals surface area contributed by atoms with Crippen molar-refractivity contribution in [2.45, 2.75) is 72.4 Å². The lowest BCUT2D eigenvalue weighted by Gasteiger charge is -2.43. The summed E-state index contributed by atoms with van der Waals surface area (Å²) in [4.78, 5) is 28.8. The van der Waals surface area contributed by atoms with E-state index in [1.54, 1.807) is 9.58 Å². The van der Waals surface area contributed by atoms with Crippen molar-refractivity contribution < 1.29 is 14.3 Å². The number of nitrogens with one attached hydrogen (secondary N) is 1. The van der Waals surface area contributed by atoms with Gasteiger partial charge in [-0.2, -0.15) is 5.10 Å². The Kier molecular flexibility index (Phi) is 6.67. The number of fused-ring (bicyclic) bond motifs is 1. The van der Waals surface area contributed by atoms with Crippen LogP contribution in [0.1, 0.15) is 71.1 Å². The van der Waals surface area contributed by atoms with Crippen LogP contribution in [0.2, 0.25) is 0 Å². The first-order valence-electron chi connectivity index (χ1n) is 11.4. The summed E-state index contributed by atoms with van der Waals surface area (Å²) in [6.07, 6.45) is 0.875. The number of ether oxygens (including phenoxy) is 1. The first-order chi connectivity index (χ1) is 15.0. The monoisotopic (exact) mass is 440 g/mol. The summed E-state index contributed by atoms with van der Waals surface area (Å²) in [7, 11) is 0. The fourth-order valence-electron chi connectivity index (χ4n) is 3.88. The third-order valence-corrected chi connectivity index (χ3v) is 5.82. The van der Waals surface area contributed by atoms with E-state index >= 15 is 0 Å². The summed E-state index contributed by atoms with van der Waals surface area (Å²) >= 11 is 0. The van der Waals surface area contributed by atoms with E-state index in [0.29, 0.717) is 30.5 Å². The molecule has 2 aromatic rings. The van der Waals surface area contributed by atoms with E-state index in [-0.39, 0.29) is 23.8 Å². The maximum absolute atomic E-state index is 13.7. The minimum Gasteiger partial charge on any atom is -0.494 e. The number of hydrogen-bond donors (Lipinski definition) is 1. The molecule has 7 heteroatoms. The van der Waals surface area contributed by atoms with Gasteiger partial charge in [0.1, 0.15) is 17.0 Å². The quantitative estimate of drug-likeness (QED) is 0.701. The molecule has 0 spiro atoms. The molecule has 0 aliphatic carbocycles. The Morgan fingerprint density at radius 1 is 1.25 bits per heavy atom. The van der Waals surface area contributed by atoms with E-state index in [0.717, 1.165) is 17.9 Å². The molecule has 1 aliphatic heterocycles. The Bertz CT molecular complexity index is 972. The Morgan fingerprint density at radius 3 is 2.47 bits per heavy atom. The van der Waals surface area contributed by atoms with Gasteiger partial charge < -0.3 is 10.1 Å². The van der Waals surface area contributed by atoms with Crippen LogP contribution in [0.5, 0.6) is 5.75 Å². The predicted octanol–water partition coefficient (Wildman–Crippen LogP) is 4.16. The molecule has 1 atom stereocenters. The smallest absolute Gasteiger partial charge is 0.277 e. The van der Waals surface area contributed by atoms with Crippen molar-refractivity contribution in [3.63, 3.8) is 0 Å². The van der Waals surface area contributed by atoms with E-state index < -0.39 is 5.54 Å². The third kappa shape index (κ3) is 4.66. The maximum Gasteiger partial charge on any atom is 0.277 e. The lowest BCUT2D eigenvalue weighted by molar-refractivity contribution is -0.126. The van der Waals surface area contributed by atoms with Crippen LogP contribution in [0.25, 0.3) is 0 Å². The van der Waals surface area contributed by atoms with Gasteiger partial charge in [-0.3, -0.25) is 19.2 Å². The van der Waals surface area contributed by atoms with Crippen molar-refractivity contribution >= 4 is 17.5 Å². The number of aromatic nitrogens is 2. The van der Waals surface area contributed by atoms with E-state index in [2.05, 4.69) is 39.9 Å². The van der Waals surface area contributed by atoms with Crippen LogP contribution in [-0.4, -0.2) is 40.3 Å². The molecule has 0 saturated heterocycles. The number of amides is 2. The average molecular weight is 441 g/mol. The van der Waals surface area contributed by atoms with Crippen molar-refractivity contribution in [2.75, 3.05) is 18.1 Å². The van der Waals surface area contributed by atoms with Gasteiger partial charge >= 0.3 is 0 Å². The highest BCUT2D eigenvalue weighted by Gasteiger charge is 2.49. The first kappa shape index (κ1) is 23.8. The zero-order valence-electron chi connectivity index (χ0n) is 20.4. The van der Waals surface area contributed by atoms with Crippen LogP contribution in [0.4, 0.5) is 5.69 Å². The molecule has 1 aliphatic rings. The topological polar surface area (TPSA) is 76.5 Å². The summed E-state index contributed by atoms with van der Waals surface area (Å²) < 4.78 is 7.24. The Morgan fingerprint density at radius 2 is 1.91 bits per heavy atom. The van der Waals surface area contributed by atoms with Crippen LogP contribution in [0, 0.1) is 5.92 Å². The molecule has 174 valence electrons. The standard InChI is InChI=1S/C25H36N4O3/c1-8-32-19-11-9-18(10-12-19)29-22(30)20-15-21(24(4,5)6)27-28(20)16-25(29,7)23(31)26-14-13-17(2)3/h9-12,15,17H,8,13-14,16H2,1-7H3,(H,26,31). The van der Waals surface area contributed by atoms with E-state index in [1.807, 2.05) is 44.2 Å². The van der Waals surface area contributed by atoms with Gasteiger partial charge in [0, 0.05) is 17.6 Å². The molecule has 32 heavy (non-hydrogen) atoms. The molecular weight excluding hydrogens is 404 g/mol. The van der Waals surface area contributed by atoms with Gasteiger partial charge in [0.2, 0.25) is 5.91 Å². The SMILES string of the molecule is CCOc1ccc(N2C(=O)c3cc(C(C)(C)C)nn3CC2(C)C(=O)NCCC(C)C)cc1. The first-order valence-corrected chi connectivity index (χ1v) is 11.4. The predicted molar refractivity (Wildman–Crippen MR) is 126 cm³/mol. The summed E-state index contributed by atoms with van der Waals surface area (Å²) in [6.45, 7) is 15.6. The summed E-state index contributed by atoms with van der Waals surface area (Å²) in [5, 5.41) is 7.74. The third-order valence-electron chi connectivity index (χ3n) is 5.82. The van der Waals surface area contributed by atoms with Crippen LogP contribution in [-0.2, 0) is 16.8 Å². The summed E-state index contributed by atoms with van der Waals surface area (Å²) in [6, 6.07) is 9.17. The second kappa shape index (κ2) is 8.96. The summed E-state index contributed by atoms with van der Waals surface area (Å²) in [5.41, 5.74) is 0.665. The zero-order chi connectivity index (χ0) is 23.7. The number of nitrogens with zero attached hydrogens (tertiary/aromatic N) is 3. The zero-order valence-corrected chi connectivity index (χ0v) is 20.4. The van der Waals surface area contributed by atoms with Gasteiger partial charge in [-0.05, 0) is 56.5 Å². The summed E-state index contributed by atoms with van der Waals surface area (Å²) in [5.74, 6) is 0.790. The second-order valence-corrected chi connectivity index (χ2v) is 10.1. The van der Waals surface area contributed by atoms with Crippen molar-refractivity contribution in [3.8, 4) is 5.75 Å². The van der Waals surface area contributed by atoms with Gasteiger partial charge in [-0.1, -0.05) is 34.6 Å². The Labute approximate surface area is 191 Å². The number of anilines is 1. The maximum atomic E-state index is 13.7. The molecule has 1 unspecified atom stereocenters. The lowest BCUT2D eigenvalue weighted by Crippen LogP contribution is -2.64. The van der Waals surface area contributed by atoms with Crippen molar-refractivity contribution in [1.82, 2.24) is 15.1 Å². The molecule has 2 heterocycles. The lowest BCUT2D eigenvalue weighted by atomic mass is 9.91. The van der Waals surface area contributed by atoms with Crippen molar-refractivity contribution in [1.29, 1.82) is 0 Å². The molecule has 7 nitrogen and oxygen atoms in total. The molecule has 1 aromatic heterocycles. The van der Waals surface area contributed by atoms with Crippen molar-refractivity contribution in [2.24, 2.45) is 5.92 Å². The van der Waals surface area contributed by atoms with Crippen LogP contribution in [0.3, 0.4) is 0 Å². The molecular formula is C25H36N4O3. The number of hydrogen-bond acceptors (Lipinski definition) is 4.